The summed E-state index contributed by atoms with van der Waals surface area (Å²) in [5.41, 5.74) is -0.568. The molecule has 1 aromatic rings. The summed E-state index contributed by atoms with van der Waals surface area (Å²) < 4.78 is 0. The zero-order chi connectivity index (χ0) is 8.59. The fraction of sp³-hybridized carbons (Fsp3) is 0. The molecule has 1 rings (SSSR count). The van der Waals surface area contributed by atoms with Crippen LogP contribution in [0.3, 0.4) is 0 Å². The van der Waals surface area contributed by atoms with E-state index in [1.807, 2.05) is 0 Å². The van der Waals surface area contributed by atoms with E-state index < -0.39 is 5.43 Å². The third kappa shape index (κ3) is 2.55. The molecule has 0 aliphatic carbocycles. The number of aromatic nitrogens is 1. The van der Waals surface area contributed by atoms with Crippen molar-refractivity contribution in [2.75, 3.05) is 0 Å². The van der Waals surface area contributed by atoms with Gasteiger partial charge in [-0.05, 0) is 0 Å². The van der Waals surface area contributed by atoms with Crippen LogP contribution in [0.4, 0.5) is 0 Å². The van der Waals surface area contributed by atoms with E-state index in [9.17, 15) is 4.79 Å². The van der Waals surface area contributed by atoms with Crippen molar-refractivity contribution in [3.63, 3.8) is 0 Å². The topological polar surface area (TPSA) is 32.9 Å². The van der Waals surface area contributed by atoms with Gasteiger partial charge in [0.1, 0.15) is 20.4 Å². The summed E-state index contributed by atoms with van der Waals surface area (Å²) >= 11 is 21.8. The summed E-state index contributed by atoms with van der Waals surface area (Å²) in [7, 11) is 0. The number of hydrogen-bond acceptors (Lipinski definition) is 1. The molecule has 0 fully saturated rings. The van der Waals surface area contributed by atoms with Crippen LogP contribution in [-0.2, 0) is 0 Å². The Morgan fingerprint density at radius 1 is 0.917 bits per heavy atom. The molecule has 12 heavy (non-hydrogen) atoms. The minimum atomic E-state index is -0.568. The maximum Gasteiger partial charge on any atom is 1.00 e. The van der Waals surface area contributed by atoms with Gasteiger partial charge in [-0.25, -0.2) is 0 Å². The first-order valence-corrected chi connectivity index (χ1v) is 3.97. The minimum Gasteiger partial charge on any atom is -0.334 e. The van der Waals surface area contributed by atoms with Gasteiger partial charge in [-0.3, -0.25) is 4.79 Å². The van der Waals surface area contributed by atoms with Gasteiger partial charge in [-0.2, -0.15) is 0 Å². The van der Waals surface area contributed by atoms with Gasteiger partial charge in [0.25, 0.3) is 0 Å². The number of aromatic amines is 1. The van der Waals surface area contributed by atoms with E-state index in [-0.39, 0.29) is 49.9 Å². The zero-order valence-electron chi connectivity index (χ0n) is 5.92. The molecule has 0 saturated heterocycles. The second kappa shape index (κ2) is 5.11. The van der Waals surface area contributed by atoms with Crippen molar-refractivity contribution in [2.24, 2.45) is 0 Å². The summed E-state index contributed by atoms with van der Waals surface area (Å²) in [5.74, 6) is 0. The van der Waals surface area contributed by atoms with Crippen molar-refractivity contribution in [1.29, 1.82) is 0 Å². The predicted molar refractivity (Wildman–Crippen MR) is 47.1 cm³/mol. The zero-order valence-corrected chi connectivity index (χ0v) is 10.9. The Balaban J connectivity index is 0.00000121. The molecule has 0 amide bonds. The average Bonchev–Trinajstić information content (AvgIpc) is 1.97. The SMILES string of the molecule is O=c1c(Cl)c(Cl)[nH]c(Cl)c1Cl.[Na+]. The molecule has 0 aromatic carbocycles. The second-order valence-electron chi connectivity index (χ2n) is 1.71. The minimum absolute atomic E-state index is 0. The molecular weight excluding hydrogens is 255 g/mol. The van der Waals surface area contributed by atoms with Crippen molar-refractivity contribution in [3.8, 4) is 0 Å². The van der Waals surface area contributed by atoms with Crippen LogP contribution in [0, 0.1) is 0 Å². The Hall–Kier alpha value is 1.11. The van der Waals surface area contributed by atoms with E-state index in [0.717, 1.165) is 0 Å². The van der Waals surface area contributed by atoms with Crippen LogP contribution in [0.5, 0.6) is 0 Å². The first-order chi connectivity index (χ1) is 5.04. The molecular formula is C5HCl4NNaO+. The third-order valence-corrected chi connectivity index (χ3v) is 2.49. The largest absolute Gasteiger partial charge is 1.00 e. The van der Waals surface area contributed by atoms with E-state index in [1.54, 1.807) is 0 Å². The van der Waals surface area contributed by atoms with E-state index in [1.165, 1.54) is 0 Å². The number of rotatable bonds is 0. The number of hydrogen-bond donors (Lipinski definition) is 1. The molecule has 2 nitrogen and oxygen atoms in total. The summed E-state index contributed by atoms with van der Waals surface area (Å²) in [5, 5.41) is -0.320. The Bertz CT molecular complexity index is 321. The van der Waals surface area contributed by atoms with Gasteiger partial charge in [0.05, 0.1) is 0 Å². The van der Waals surface area contributed by atoms with Crippen LogP contribution < -0.4 is 35.0 Å². The fourth-order valence-corrected chi connectivity index (χ4v) is 1.24. The van der Waals surface area contributed by atoms with Gasteiger partial charge >= 0.3 is 29.6 Å². The predicted octanol–water partition coefficient (Wildman–Crippen LogP) is -0.00750. The fourth-order valence-electron chi connectivity index (χ4n) is 0.502. The summed E-state index contributed by atoms with van der Waals surface area (Å²) in [4.78, 5) is 13.4. The smallest absolute Gasteiger partial charge is 0.334 e. The summed E-state index contributed by atoms with van der Waals surface area (Å²) in [6.45, 7) is 0. The normalized spacial score (nSPS) is 9.33. The Morgan fingerprint density at radius 3 is 1.58 bits per heavy atom. The molecule has 1 N–H and O–H groups in total. The van der Waals surface area contributed by atoms with Gasteiger partial charge in [-0.1, -0.05) is 46.4 Å². The van der Waals surface area contributed by atoms with Crippen LogP contribution in [0.25, 0.3) is 0 Å². The first-order valence-electron chi connectivity index (χ1n) is 2.46. The van der Waals surface area contributed by atoms with E-state index in [2.05, 4.69) is 4.98 Å². The van der Waals surface area contributed by atoms with Gasteiger partial charge in [0, 0.05) is 0 Å². The van der Waals surface area contributed by atoms with Crippen LogP contribution in [0.1, 0.15) is 0 Å². The molecule has 0 radical (unpaired) electrons. The monoisotopic (exact) mass is 254 g/mol. The van der Waals surface area contributed by atoms with Crippen molar-refractivity contribution in [1.82, 2.24) is 4.98 Å². The molecule has 0 aliphatic heterocycles. The van der Waals surface area contributed by atoms with Crippen LogP contribution in [0.2, 0.25) is 20.4 Å². The molecule has 0 spiro atoms. The molecule has 0 aliphatic rings. The Labute approximate surface area is 110 Å². The quantitative estimate of drug-likeness (QED) is 0.514. The number of halogens is 4. The molecule has 0 saturated carbocycles. The van der Waals surface area contributed by atoms with Crippen molar-refractivity contribution < 1.29 is 29.6 Å². The maximum absolute atomic E-state index is 11.0. The molecule has 7 heteroatoms. The summed E-state index contributed by atoms with van der Waals surface area (Å²) in [6, 6.07) is 0. The molecule has 0 bridgehead atoms. The molecule has 1 aromatic heterocycles. The van der Waals surface area contributed by atoms with Gasteiger partial charge in [0.15, 0.2) is 0 Å². The van der Waals surface area contributed by atoms with E-state index >= 15 is 0 Å². The van der Waals surface area contributed by atoms with Crippen molar-refractivity contribution in [3.05, 3.63) is 30.6 Å². The molecule has 1 heterocycles. The van der Waals surface area contributed by atoms with Gasteiger partial charge in [0.2, 0.25) is 5.43 Å². The van der Waals surface area contributed by atoms with E-state index in [4.69, 9.17) is 46.4 Å². The second-order valence-corrected chi connectivity index (χ2v) is 3.22. The standard InChI is InChI=1S/C5HCl4NO.Na/c6-1-3(11)2(7)5(9)10-4(1)8;/h(H,10,11);/q;+1. The maximum atomic E-state index is 11.0. The first kappa shape index (κ1) is 13.1. The van der Waals surface area contributed by atoms with E-state index in [0.29, 0.717) is 0 Å². The summed E-state index contributed by atoms with van der Waals surface area (Å²) in [6.07, 6.45) is 0. The van der Waals surface area contributed by atoms with Gasteiger partial charge in [-0.15, -0.1) is 0 Å². The van der Waals surface area contributed by atoms with Crippen LogP contribution >= 0.6 is 46.4 Å². The Morgan fingerprint density at radius 2 is 1.25 bits per heavy atom. The van der Waals surface area contributed by atoms with Gasteiger partial charge < -0.3 is 4.98 Å². The van der Waals surface area contributed by atoms with Crippen molar-refractivity contribution in [2.45, 2.75) is 0 Å². The Kier molecular flexibility index (Phi) is 5.58. The average molecular weight is 256 g/mol. The number of H-pyrrole nitrogens is 1. The van der Waals surface area contributed by atoms with Crippen LogP contribution in [0.15, 0.2) is 4.79 Å². The molecule has 0 unspecified atom stereocenters. The molecule has 60 valence electrons. The third-order valence-electron chi connectivity index (χ3n) is 1.00. The number of nitrogens with one attached hydrogen (secondary N) is 1. The molecule has 0 atom stereocenters. The number of pyridine rings is 1. The van der Waals surface area contributed by atoms with Crippen molar-refractivity contribution >= 4 is 46.4 Å². The van der Waals surface area contributed by atoms with Crippen LogP contribution in [-0.4, -0.2) is 4.98 Å².